The lowest BCUT2D eigenvalue weighted by atomic mass is 9.89. The first-order valence-electron chi connectivity index (χ1n) is 11.1. The summed E-state index contributed by atoms with van der Waals surface area (Å²) < 4.78 is 8.10. The minimum absolute atomic E-state index is 0.152. The SMILES string of the molecule is CC(C)CC(=O)N1CCCC1c1nn(CC2CCCCC2)c2c1COCC2. The van der Waals surface area contributed by atoms with E-state index in [1.807, 2.05) is 0 Å². The average molecular weight is 374 g/mol. The average Bonchev–Trinajstić information content (AvgIpc) is 3.27. The molecule has 1 amide bonds. The molecular formula is C22H35N3O2. The minimum Gasteiger partial charge on any atom is -0.376 e. The van der Waals surface area contributed by atoms with E-state index in [0.29, 0.717) is 24.9 Å². The zero-order valence-corrected chi connectivity index (χ0v) is 17.1. The molecule has 0 radical (unpaired) electrons. The molecule has 1 atom stereocenters. The molecule has 1 unspecified atom stereocenters. The molecule has 27 heavy (non-hydrogen) atoms. The van der Waals surface area contributed by atoms with Crippen molar-refractivity contribution in [2.75, 3.05) is 13.2 Å². The molecule has 4 rings (SSSR count). The van der Waals surface area contributed by atoms with Crippen molar-refractivity contribution in [1.82, 2.24) is 14.7 Å². The number of nitrogens with zero attached hydrogens (tertiary/aromatic N) is 3. The lowest BCUT2D eigenvalue weighted by Gasteiger charge is -2.25. The summed E-state index contributed by atoms with van der Waals surface area (Å²) in [6, 6.07) is 0.152. The summed E-state index contributed by atoms with van der Waals surface area (Å²) in [7, 11) is 0. The van der Waals surface area contributed by atoms with Gasteiger partial charge < -0.3 is 9.64 Å². The van der Waals surface area contributed by atoms with E-state index in [-0.39, 0.29) is 6.04 Å². The van der Waals surface area contributed by atoms with Gasteiger partial charge in [0.05, 0.1) is 24.9 Å². The highest BCUT2D eigenvalue weighted by Gasteiger charge is 2.35. The van der Waals surface area contributed by atoms with Crippen LogP contribution in [-0.4, -0.2) is 33.7 Å². The molecule has 3 aliphatic rings. The van der Waals surface area contributed by atoms with E-state index in [1.54, 1.807) is 0 Å². The summed E-state index contributed by atoms with van der Waals surface area (Å²) in [5.74, 6) is 1.46. The number of carbonyl (C=O) groups is 1. The fourth-order valence-corrected chi connectivity index (χ4v) is 5.18. The minimum atomic E-state index is 0.152. The molecular weight excluding hydrogens is 338 g/mol. The number of fused-ring (bicyclic) bond motifs is 1. The zero-order valence-electron chi connectivity index (χ0n) is 17.1. The highest BCUT2D eigenvalue weighted by molar-refractivity contribution is 5.77. The van der Waals surface area contributed by atoms with Gasteiger partial charge in [0, 0.05) is 37.2 Å². The van der Waals surface area contributed by atoms with Gasteiger partial charge in [-0.2, -0.15) is 5.10 Å². The Kier molecular flexibility index (Phi) is 5.86. The third kappa shape index (κ3) is 4.08. The normalized spacial score (nSPS) is 23.8. The summed E-state index contributed by atoms with van der Waals surface area (Å²) in [6.07, 6.45) is 10.5. The predicted octanol–water partition coefficient (Wildman–Crippen LogP) is 4.25. The Morgan fingerprint density at radius 1 is 1.19 bits per heavy atom. The van der Waals surface area contributed by atoms with E-state index < -0.39 is 0 Å². The Morgan fingerprint density at radius 2 is 2.00 bits per heavy atom. The van der Waals surface area contributed by atoms with Crippen molar-refractivity contribution in [3.8, 4) is 0 Å². The van der Waals surface area contributed by atoms with Gasteiger partial charge in [-0.1, -0.05) is 33.1 Å². The van der Waals surface area contributed by atoms with Crippen LogP contribution in [0.5, 0.6) is 0 Å². The van der Waals surface area contributed by atoms with Crippen molar-refractivity contribution in [1.29, 1.82) is 0 Å². The lowest BCUT2D eigenvalue weighted by Crippen LogP contribution is -2.32. The largest absolute Gasteiger partial charge is 0.376 e. The van der Waals surface area contributed by atoms with E-state index in [4.69, 9.17) is 9.84 Å². The summed E-state index contributed by atoms with van der Waals surface area (Å²) in [6.45, 7) is 7.63. The van der Waals surface area contributed by atoms with Gasteiger partial charge in [0.1, 0.15) is 0 Å². The van der Waals surface area contributed by atoms with Crippen LogP contribution in [0.15, 0.2) is 0 Å². The number of hydrogen-bond acceptors (Lipinski definition) is 3. The maximum Gasteiger partial charge on any atom is 0.223 e. The van der Waals surface area contributed by atoms with Gasteiger partial charge in [-0.25, -0.2) is 0 Å². The first-order valence-corrected chi connectivity index (χ1v) is 11.1. The van der Waals surface area contributed by atoms with Crippen LogP contribution in [0.1, 0.15) is 88.2 Å². The van der Waals surface area contributed by atoms with Gasteiger partial charge >= 0.3 is 0 Å². The second kappa shape index (κ2) is 8.34. The topological polar surface area (TPSA) is 47.4 Å². The van der Waals surface area contributed by atoms with Crippen molar-refractivity contribution < 1.29 is 9.53 Å². The van der Waals surface area contributed by atoms with Crippen molar-refractivity contribution >= 4 is 5.91 Å². The van der Waals surface area contributed by atoms with Crippen LogP contribution in [0.4, 0.5) is 0 Å². The van der Waals surface area contributed by atoms with Gasteiger partial charge in [-0.3, -0.25) is 9.48 Å². The van der Waals surface area contributed by atoms with Crippen LogP contribution in [-0.2, 0) is 29.1 Å². The van der Waals surface area contributed by atoms with Crippen LogP contribution in [0, 0.1) is 11.8 Å². The molecule has 1 aliphatic carbocycles. The Balaban J connectivity index is 1.59. The predicted molar refractivity (Wildman–Crippen MR) is 105 cm³/mol. The molecule has 150 valence electrons. The fourth-order valence-electron chi connectivity index (χ4n) is 5.18. The van der Waals surface area contributed by atoms with E-state index >= 15 is 0 Å². The molecule has 0 bridgehead atoms. The second-order valence-corrected chi connectivity index (χ2v) is 9.14. The van der Waals surface area contributed by atoms with Crippen LogP contribution in [0.3, 0.4) is 0 Å². The molecule has 2 fully saturated rings. The van der Waals surface area contributed by atoms with Gasteiger partial charge in [0.15, 0.2) is 0 Å². The number of ether oxygens (including phenoxy) is 1. The van der Waals surface area contributed by atoms with E-state index in [9.17, 15) is 4.79 Å². The molecule has 0 spiro atoms. The van der Waals surface area contributed by atoms with Crippen LogP contribution in [0.2, 0.25) is 0 Å². The number of rotatable bonds is 5. The maximum absolute atomic E-state index is 12.8. The number of carbonyl (C=O) groups excluding carboxylic acids is 1. The molecule has 5 nitrogen and oxygen atoms in total. The summed E-state index contributed by atoms with van der Waals surface area (Å²) in [5.41, 5.74) is 3.80. The molecule has 1 aromatic heterocycles. The Hall–Kier alpha value is -1.36. The first-order chi connectivity index (χ1) is 13.1. The maximum atomic E-state index is 12.8. The van der Waals surface area contributed by atoms with Crippen molar-refractivity contribution in [2.45, 2.75) is 90.8 Å². The monoisotopic (exact) mass is 373 g/mol. The molecule has 1 aromatic rings. The lowest BCUT2D eigenvalue weighted by molar-refractivity contribution is -0.133. The Morgan fingerprint density at radius 3 is 2.78 bits per heavy atom. The van der Waals surface area contributed by atoms with Gasteiger partial charge in [0.25, 0.3) is 0 Å². The number of likely N-dealkylation sites (tertiary alicyclic amines) is 1. The summed E-state index contributed by atoms with van der Waals surface area (Å²) in [5, 5.41) is 5.12. The van der Waals surface area contributed by atoms with Crippen LogP contribution in [0.25, 0.3) is 0 Å². The molecule has 0 aromatic carbocycles. The molecule has 2 aliphatic heterocycles. The van der Waals surface area contributed by atoms with Crippen molar-refractivity contribution in [3.05, 3.63) is 17.0 Å². The quantitative estimate of drug-likeness (QED) is 0.775. The number of aromatic nitrogens is 2. The van der Waals surface area contributed by atoms with Crippen LogP contribution < -0.4 is 0 Å². The van der Waals surface area contributed by atoms with Gasteiger partial charge in [-0.05, 0) is 37.5 Å². The third-order valence-electron chi connectivity index (χ3n) is 6.55. The van der Waals surface area contributed by atoms with Crippen molar-refractivity contribution in [2.24, 2.45) is 11.8 Å². The smallest absolute Gasteiger partial charge is 0.223 e. The Bertz CT molecular complexity index is 661. The number of hydrogen-bond donors (Lipinski definition) is 0. The standard InChI is InChI=1S/C22H35N3O2/c1-16(2)13-21(26)24-11-6-9-20(24)22-18-15-27-12-10-19(18)25(23-22)14-17-7-4-3-5-8-17/h16-17,20H,3-15H2,1-2H3. The molecule has 1 saturated heterocycles. The highest BCUT2D eigenvalue weighted by Crippen LogP contribution is 2.37. The van der Waals surface area contributed by atoms with Gasteiger partial charge in [0.2, 0.25) is 5.91 Å². The second-order valence-electron chi connectivity index (χ2n) is 9.14. The zero-order chi connectivity index (χ0) is 18.8. The van der Waals surface area contributed by atoms with E-state index in [0.717, 1.165) is 50.6 Å². The molecule has 5 heteroatoms. The van der Waals surface area contributed by atoms with E-state index in [2.05, 4.69) is 23.4 Å². The van der Waals surface area contributed by atoms with Crippen LogP contribution >= 0.6 is 0 Å². The highest BCUT2D eigenvalue weighted by atomic mass is 16.5. The third-order valence-corrected chi connectivity index (χ3v) is 6.55. The summed E-state index contributed by atoms with van der Waals surface area (Å²) in [4.78, 5) is 14.9. The molecule has 0 N–H and O–H groups in total. The first kappa shape index (κ1) is 19.0. The van der Waals surface area contributed by atoms with E-state index in [1.165, 1.54) is 43.4 Å². The Labute approximate surface area is 163 Å². The fraction of sp³-hybridized carbons (Fsp3) is 0.818. The summed E-state index contributed by atoms with van der Waals surface area (Å²) >= 11 is 0. The molecule has 3 heterocycles. The van der Waals surface area contributed by atoms with Gasteiger partial charge in [-0.15, -0.1) is 0 Å². The van der Waals surface area contributed by atoms with Crippen molar-refractivity contribution in [3.63, 3.8) is 0 Å². The number of amides is 1. The molecule has 1 saturated carbocycles.